The van der Waals surface area contributed by atoms with E-state index in [4.69, 9.17) is 9.47 Å². The Morgan fingerprint density at radius 1 is 1.47 bits per heavy atom. The van der Waals surface area contributed by atoms with Gasteiger partial charge in [0.25, 0.3) is 0 Å². The molecule has 0 aromatic heterocycles. The van der Waals surface area contributed by atoms with E-state index in [9.17, 15) is 0 Å². The molecule has 0 radical (unpaired) electrons. The highest BCUT2D eigenvalue weighted by Gasteiger charge is 2.19. The third kappa shape index (κ3) is 2.67. The van der Waals surface area contributed by atoms with Crippen LogP contribution < -0.4 is 4.74 Å². The van der Waals surface area contributed by atoms with Crippen LogP contribution in [-0.4, -0.2) is 26.1 Å². The fourth-order valence-electron chi connectivity index (χ4n) is 1.49. The number of thioether (sulfide) groups is 1. The van der Waals surface area contributed by atoms with Crippen LogP contribution >= 0.6 is 11.8 Å². The predicted molar refractivity (Wildman–Crippen MR) is 62.8 cm³/mol. The summed E-state index contributed by atoms with van der Waals surface area (Å²) in [4.78, 5) is 1.24. The van der Waals surface area contributed by atoms with Gasteiger partial charge in [0.05, 0.1) is 20.3 Å². The number of aryl methyl sites for hydroxylation is 1. The van der Waals surface area contributed by atoms with Crippen LogP contribution in [0.4, 0.5) is 0 Å². The summed E-state index contributed by atoms with van der Waals surface area (Å²) in [7, 11) is 1.72. The summed E-state index contributed by atoms with van der Waals surface area (Å²) in [6.45, 7) is 3.94. The van der Waals surface area contributed by atoms with Gasteiger partial charge in [0, 0.05) is 16.6 Å². The highest BCUT2D eigenvalue weighted by atomic mass is 32.2. The van der Waals surface area contributed by atoms with Gasteiger partial charge >= 0.3 is 0 Å². The topological polar surface area (TPSA) is 18.5 Å². The van der Waals surface area contributed by atoms with E-state index in [2.05, 4.69) is 19.1 Å². The maximum atomic E-state index is 5.33. The lowest BCUT2D eigenvalue weighted by molar-refractivity contribution is -0.0196. The van der Waals surface area contributed by atoms with Crippen molar-refractivity contribution in [1.82, 2.24) is 0 Å². The summed E-state index contributed by atoms with van der Waals surface area (Å²) in [5, 5.41) is 0. The minimum absolute atomic E-state index is 0.722. The fraction of sp³-hybridized carbons (Fsp3) is 0.500. The van der Waals surface area contributed by atoms with Crippen molar-refractivity contribution in [2.75, 3.05) is 26.1 Å². The van der Waals surface area contributed by atoms with E-state index in [1.807, 2.05) is 17.8 Å². The van der Waals surface area contributed by atoms with Gasteiger partial charge in [0.1, 0.15) is 5.75 Å². The van der Waals surface area contributed by atoms with Crippen molar-refractivity contribution in [3.05, 3.63) is 23.8 Å². The normalized spacial score (nSPS) is 16.1. The maximum Gasteiger partial charge on any atom is 0.132 e. The number of hydrogen-bond donors (Lipinski definition) is 0. The minimum Gasteiger partial charge on any atom is -0.496 e. The van der Waals surface area contributed by atoms with E-state index in [1.54, 1.807) is 7.11 Å². The largest absolute Gasteiger partial charge is 0.496 e. The monoisotopic (exact) mass is 224 g/mol. The molecule has 0 atom stereocenters. The fourth-order valence-corrected chi connectivity index (χ4v) is 2.66. The van der Waals surface area contributed by atoms with E-state index in [0.717, 1.165) is 30.6 Å². The van der Waals surface area contributed by atoms with Gasteiger partial charge in [-0.25, -0.2) is 0 Å². The van der Waals surface area contributed by atoms with Crippen molar-refractivity contribution in [2.45, 2.75) is 11.8 Å². The Morgan fingerprint density at radius 2 is 2.27 bits per heavy atom. The quantitative estimate of drug-likeness (QED) is 0.733. The Balaban J connectivity index is 2.00. The smallest absolute Gasteiger partial charge is 0.132 e. The van der Waals surface area contributed by atoms with Crippen molar-refractivity contribution in [3.8, 4) is 5.75 Å². The summed E-state index contributed by atoms with van der Waals surface area (Å²) in [6.07, 6.45) is 0. The predicted octanol–water partition coefficient (Wildman–Crippen LogP) is 2.74. The second-order valence-electron chi connectivity index (χ2n) is 3.87. The van der Waals surface area contributed by atoms with E-state index < -0.39 is 0 Å². The van der Waals surface area contributed by atoms with Gasteiger partial charge in [-0.2, -0.15) is 0 Å². The summed E-state index contributed by atoms with van der Waals surface area (Å²) in [5.41, 5.74) is 1.28. The van der Waals surface area contributed by atoms with Crippen LogP contribution in [0, 0.1) is 12.8 Å². The molecule has 2 nitrogen and oxygen atoms in total. The average Bonchev–Trinajstić information content (AvgIpc) is 2.16. The zero-order valence-corrected chi connectivity index (χ0v) is 9.97. The Kier molecular flexibility index (Phi) is 3.54. The molecule has 2 rings (SSSR count). The highest BCUT2D eigenvalue weighted by Crippen LogP contribution is 2.32. The summed E-state index contributed by atoms with van der Waals surface area (Å²) in [5.74, 6) is 2.82. The Labute approximate surface area is 95.0 Å². The molecule has 0 amide bonds. The Hall–Kier alpha value is -0.670. The molecule has 1 heterocycles. The zero-order chi connectivity index (χ0) is 10.7. The number of methoxy groups -OCH3 is 1. The van der Waals surface area contributed by atoms with Gasteiger partial charge in [-0.1, -0.05) is 6.07 Å². The van der Waals surface area contributed by atoms with Gasteiger partial charge in [-0.15, -0.1) is 11.8 Å². The first-order valence-corrected chi connectivity index (χ1v) is 6.13. The van der Waals surface area contributed by atoms with Gasteiger partial charge < -0.3 is 9.47 Å². The lowest BCUT2D eigenvalue weighted by atomic mass is 10.1. The first-order valence-electron chi connectivity index (χ1n) is 5.15. The summed E-state index contributed by atoms with van der Waals surface area (Å²) < 4.78 is 10.5. The lowest BCUT2D eigenvalue weighted by Crippen LogP contribution is -2.29. The summed E-state index contributed by atoms with van der Waals surface area (Å²) >= 11 is 1.86. The molecule has 0 saturated carbocycles. The zero-order valence-electron chi connectivity index (χ0n) is 9.16. The molecule has 1 fully saturated rings. The first-order chi connectivity index (χ1) is 7.29. The molecule has 82 valence electrons. The minimum atomic E-state index is 0.722. The van der Waals surface area contributed by atoms with Crippen molar-refractivity contribution in [3.63, 3.8) is 0 Å². The van der Waals surface area contributed by atoms with Crippen molar-refractivity contribution < 1.29 is 9.47 Å². The first kappa shape index (κ1) is 10.8. The van der Waals surface area contributed by atoms with E-state index in [-0.39, 0.29) is 0 Å². The van der Waals surface area contributed by atoms with Crippen molar-refractivity contribution in [2.24, 2.45) is 5.92 Å². The van der Waals surface area contributed by atoms with Crippen molar-refractivity contribution in [1.29, 1.82) is 0 Å². The van der Waals surface area contributed by atoms with Gasteiger partial charge in [0.15, 0.2) is 0 Å². The van der Waals surface area contributed by atoms with Gasteiger partial charge in [-0.05, 0) is 24.6 Å². The second-order valence-corrected chi connectivity index (χ2v) is 4.93. The van der Waals surface area contributed by atoms with Gasteiger partial charge in [0.2, 0.25) is 0 Å². The molecular weight excluding hydrogens is 208 g/mol. The van der Waals surface area contributed by atoms with Crippen LogP contribution in [0.15, 0.2) is 23.1 Å². The molecule has 1 aliphatic heterocycles. The van der Waals surface area contributed by atoms with Crippen LogP contribution in [0.1, 0.15) is 5.56 Å². The summed E-state index contributed by atoms with van der Waals surface area (Å²) in [6, 6.07) is 6.30. The third-order valence-corrected chi connectivity index (χ3v) is 3.77. The van der Waals surface area contributed by atoms with E-state index in [0.29, 0.717) is 0 Å². The Morgan fingerprint density at radius 3 is 2.87 bits per heavy atom. The molecule has 3 heteroatoms. The van der Waals surface area contributed by atoms with Crippen LogP contribution in [0.5, 0.6) is 5.75 Å². The van der Waals surface area contributed by atoms with E-state index >= 15 is 0 Å². The molecule has 0 bridgehead atoms. The maximum absolute atomic E-state index is 5.33. The molecule has 0 N–H and O–H groups in total. The van der Waals surface area contributed by atoms with Crippen LogP contribution in [0.25, 0.3) is 0 Å². The van der Waals surface area contributed by atoms with Crippen LogP contribution in [-0.2, 0) is 4.74 Å². The molecule has 1 aromatic rings. The number of rotatable bonds is 4. The molecule has 15 heavy (non-hydrogen) atoms. The number of benzene rings is 1. The average molecular weight is 224 g/mol. The molecule has 0 unspecified atom stereocenters. The number of ether oxygens (including phenoxy) is 2. The second kappa shape index (κ2) is 4.90. The molecule has 0 aliphatic carbocycles. The molecule has 0 spiro atoms. The van der Waals surface area contributed by atoms with Crippen LogP contribution in [0.3, 0.4) is 0 Å². The molecule has 1 aromatic carbocycles. The SMILES string of the molecule is COc1ccc(C)cc1SCC1COC1. The molecule has 1 aliphatic rings. The molecule has 1 saturated heterocycles. The highest BCUT2D eigenvalue weighted by molar-refractivity contribution is 7.99. The van der Waals surface area contributed by atoms with Crippen LogP contribution in [0.2, 0.25) is 0 Å². The van der Waals surface area contributed by atoms with E-state index in [1.165, 1.54) is 10.5 Å². The number of hydrogen-bond acceptors (Lipinski definition) is 3. The third-order valence-electron chi connectivity index (χ3n) is 2.50. The standard InChI is InChI=1S/C12H16O2S/c1-9-3-4-11(13-2)12(5-9)15-8-10-6-14-7-10/h3-5,10H,6-8H2,1-2H3. The Bertz CT molecular complexity index is 334. The lowest BCUT2D eigenvalue weighted by Gasteiger charge is -2.25. The molecular formula is C12H16O2S. The van der Waals surface area contributed by atoms with Crippen molar-refractivity contribution >= 4 is 11.8 Å². The van der Waals surface area contributed by atoms with Gasteiger partial charge in [-0.3, -0.25) is 0 Å².